The third kappa shape index (κ3) is 4.65. The van der Waals surface area contributed by atoms with Crippen molar-refractivity contribution in [1.29, 1.82) is 0 Å². The number of aromatic nitrogens is 3. The molecule has 0 bridgehead atoms. The molecule has 0 aliphatic carbocycles. The average Bonchev–Trinajstić information content (AvgIpc) is 3.17. The second-order valence-electron chi connectivity index (χ2n) is 6.31. The number of hydrogen-bond donors (Lipinski definition) is 1. The number of ether oxygens (including phenoxy) is 1. The van der Waals surface area contributed by atoms with Crippen molar-refractivity contribution in [1.82, 2.24) is 15.0 Å². The molecule has 3 aromatic rings. The number of benzene rings is 1. The van der Waals surface area contributed by atoms with Crippen LogP contribution in [-0.2, 0) is 15.7 Å². The zero-order chi connectivity index (χ0) is 21.1. The van der Waals surface area contributed by atoms with Crippen molar-refractivity contribution in [2.45, 2.75) is 11.2 Å². The number of halogens is 3. The molecular weight excluding hydrogens is 439 g/mol. The lowest BCUT2D eigenvalue weighted by Gasteiger charge is -2.25. The van der Waals surface area contributed by atoms with Gasteiger partial charge in [0.1, 0.15) is 16.1 Å². The summed E-state index contributed by atoms with van der Waals surface area (Å²) in [6, 6.07) is 4.88. The van der Waals surface area contributed by atoms with Gasteiger partial charge in [-0.25, -0.2) is 9.97 Å². The predicted molar refractivity (Wildman–Crippen MR) is 109 cm³/mol. The van der Waals surface area contributed by atoms with Crippen molar-refractivity contribution in [3.05, 3.63) is 36.2 Å². The first kappa shape index (κ1) is 20.8. The first-order valence-corrected chi connectivity index (χ1v) is 10.7. The third-order valence-electron chi connectivity index (χ3n) is 4.28. The van der Waals surface area contributed by atoms with Gasteiger partial charge in [0, 0.05) is 13.1 Å². The number of carbonyl (C=O) groups excluding carboxylic acids is 1. The highest BCUT2D eigenvalue weighted by Gasteiger charge is 2.33. The van der Waals surface area contributed by atoms with Gasteiger partial charge in [0.25, 0.3) is 0 Å². The summed E-state index contributed by atoms with van der Waals surface area (Å²) in [5.74, 6) is -0.648. The highest BCUT2D eigenvalue weighted by Crippen LogP contribution is 2.36. The zero-order valence-corrected chi connectivity index (χ0v) is 17.1. The van der Waals surface area contributed by atoms with Crippen LogP contribution in [0.2, 0.25) is 0 Å². The molecule has 2 aromatic heterocycles. The number of morpholine rings is 1. The number of nitrogens with zero attached hydrogens (tertiary/aromatic N) is 4. The minimum Gasteiger partial charge on any atom is -0.378 e. The van der Waals surface area contributed by atoms with Gasteiger partial charge in [0.15, 0.2) is 10.8 Å². The summed E-state index contributed by atoms with van der Waals surface area (Å²) < 4.78 is 45.4. The van der Waals surface area contributed by atoms with Gasteiger partial charge in [-0.05, 0) is 12.1 Å². The van der Waals surface area contributed by atoms with E-state index < -0.39 is 17.6 Å². The maximum atomic E-state index is 13.1. The Morgan fingerprint density at radius 1 is 1.23 bits per heavy atom. The van der Waals surface area contributed by atoms with E-state index in [9.17, 15) is 18.0 Å². The van der Waals surface area contributed by atoms with Gasteiger partial charge >= 0.3 is 6.18 Å². The van der Waals surface area contributed by atoms with Crippen molar-refractivity contribution in [3.63, 3.8) is 0 Å². The molecule has 1 amide bonds. The van der Waals surface area contributed by atoms with Gasteiger partial charge in [-0.3, -0.25) is 4.79 Å². The fraction of sp³-hybridized carbons (Fsp3) is 0.333. The monoisotopic (exact) mass is 455 g/mol. The number of rotatable bonds is 5. The van der Waals surface area contributed by atoms with E-state index in [0.717, 1.165) is 40.7 Å². The Hall–Kier alpha value is -2.44. The number of thioether (sulfide) groups is 1. The quantitative estimate of drug-likeness (QED) is 0.464. The molecule has 7 nitrogen and oxygen atoms in total. The molecular formula is C18H16F3N5O2S2. The minimum absolute atomic E-state index is 0.0942. The summed E-state index contributed by atoms with van der Waals surface area (Å²) >= 11 is 2.56. The largest absolute Gasteiger partial charge is 0.418 e. The Kier molecular flexibility index (Phi) is 6.06. The lowest BCUT2D eigenvalue weighted by molar-refractivity contribution is -0.137. The van der Waals surface area contributed by atoms with Crippen LogP contribution in [0.5, 0.6) is 0 Å². The number of anilines is 2. The topological polar surface area (TPSA) is 80.2 Å². The fourth-order valence-corrected chi connectivity index (χ4v) is 4.82. The van der Waals surface area contributed by atoms with Crippen molar-refractivity contribution >= 4 is 50.2 Å². The van der Waals surface area contributed by atoms with Crippen LogP contribution in [0.3, 0.4) is 0 Å². The number of amides is 1. The number of alkyl halides is 3. The van der Waals surface area contributed by atoms with E-state index in [0.29, 0.717) is 23.9 Å². The maximum Gasteiger partial charge on any atom is 0.418 e. The van der Waals surface area contributed by atoms with Crippen LogP contribution in [0, 0.1) is 0 Å². The number of para-hydroxylation sites is 1. The Morgan fingerprint density at radius 3 is 2.77 bits per heavy atom. The van der Waals surface area contributed by atoms with Gasteiger partial charge in [-0.1, -0.05) is 35.2 Å². The molecule has 0 radical (unpaired) electrons. The third-order valence-corrected chi connectivity index (χ3v) is 6.51. The van der Waals surface area contributed by atoms with Crippen LogP contribution in [0.1, 0.15) is 5.56 Å². The zero-order valence-electron chi connectivity index (χ0n) is 15.5. The summed E-state index contributed by atoms with van der Waals surface area (Å²) in [5.41, 5.74) is -0.622. The van der Waals surface area contributed by atoms with E-state index in [2.05, 4.69) is 25.2 Å². The number of carbonyl (C=O) groups is 1. The van der Waals surface area contributed by atoms with Crippen molar-refractivity contribution in [3.8, 4) is 0 Å². The summed E-state index contributed by atoms with van der Waals surface area (Å²) in [4.78, 5) is 27.3. The molecule has 1 N–H and O–H groups in total. The Labute approximate surface area is 177 Å². The van der Waals surface area contributed by atoms with E-state index in [1.54, 1.807) is 0 Å². The van der Waals surface area contributed by atoms with Gasteiger partial charge < -0.3 is 15.0 Å². The molecule has 1 saturated heterocycles. The molecule has 12 heteroatoms. The Balaban J connectivity index is 1.46. The van der Waals surface area contributed by atoms with E-state index in [4.69, 9.17) is 4.74 Å². The van der Waals surface area contributed by atoms with E-state index in [1.165, 1.54) is 35.9 Å². The summed E-state index contributed by atoms with van der Waals surface area (Å²) in [7, 11) is 0. The molecule has 1 aromatic carbocycles. The second kappa shape index (κ2) is 8.74. The average molecular weight is 455 g/mol. The minimum atomic E-state index is -4.55. The van der Waals surface area contributed by atoms with Crippen molar-refractivity contribution < 1.29 is 22.7 Å². The summed E-state index contributed by atoms with van der Waals surface area (Å²) in [5, 5.41) is 3.71. The molecule has 0 spiro atoms. The molecule has 1 aliphatic rings. The summed E-state index contributed by atoms with van der Waals surface area (Å²) in [6.07, 6.45) is -3.18. The summed E-state index contributed by atoms with van der Waals surface area (Å²) in [6.45, 7) is 2.72. The lowest BCUT2D eigenvalue weighted by atomic mass is 10.1. The van der Waals surface area contributed by atoms with Gasteiger partial charge in [0.05, 0.1) is 30.2 Å². The van der Waals surface area contributed by atoms with E-state index in [-0.39, 0.29) is 11.4 Å². The molecule has 158 valence electrons. The number of hydrogen-bond acceptors (Lipinski definition) is 8. The van der Waals surface area contributed by atoms with Crippen LogP contribution in [0.15, 0.2) is 35.6 Å². The Morgan fingerprint density at radius 2 is 2.00 bits per heavy atom. The molecule has 1 aliphatic heterocycles. The molecule has 3 heterocycles. The predicted octanol–water partition coefficient (Wildman–Crippen LogP) is 3.67. The highest BCUT2D eigenvalue weighted by atomic mass is 32.2. The van der Waals surface area contributed by atoms with Crippen LogP contribution in [0.25, 0.3) is 10.3 Å². The smallest absolute Gasteiger partial charge is 0.378 e. The molecule has 0 unspecified atom stereocenters. The molecule has 4 rings (SSSR count). The molecule has 0 atom stereocenters. The van der Waals surface area contributed by atoms with Crippen LogP contribution in [-0.4, -0.2) is 52.9 Å². The first-order valence-electron chi connectivity index (χ1n) is 8.95. The van der Waals surface area contributed by atoms with Gasteiger partial charge in [-0.2, -0.15) is 18.2 Å². The van der Waals surface area contributed by atoms with Crippen molar-refractivity contribution in [2.24, 2.45) is 0 Å². The fourth-order valence-electron chi connectivity index (χ4n) is 2.87. The lowest BCUT2D eigenvalue weighted by Crippen LogP contribution is -2.36. The van der Waals surface area contributed by atoms with Crippen LogP contribution in [0.4, 0.5) is 24.0 Å². The van der Waals surface area contributed by atoms with Crippen LogP contribution < -0.4 is 10.2 Å². The number of nitrogens with one attached hydrogen (secondary N) is 1. The van der Waals surface area contributed by atoms with E-state index in [1.807, 2.05) is 0 Å². The second-order valence-corrected chi connectivity index (χ2v) is 8.25. The van der Waals surface area contributed by atoms with Crippen LogP contribution >= 0.6 is 23.1 Å². The standard InChI is InChI=1S/C18H16F3N5O2S2/c19-18(20,21)11-3-1-2-4-12(11)24-13(27)9-29-16-14-15(22-10-23-16)25-17(30-14)26-5-7-28-8-6-26/h1-4,10H,5-9H2,(H,24,27). The van der Waals surface area contributed by atoms with Gasteiger partial charge in [-0.15, -0.1) is 0 Å². The van der Waals surface area contributed by atoms with E-state index >= 15 is 0 Å². The SMILES string of the molecule is O=C(CSc1ncnc2nc(N3CCOCC3)sc12)Nc1ccccc1C(F)(F)F. The number of thiazole rings is 1. The molecule has 30 heavy (non-hydrogen) atoms. The Bertz CT molecular complexity index is 1050. The highest BCUT2D eigenvalue weighted by molar-refractivity contribution is 8.00. The normalized spacial score (nSPS) is 14.8. The molecule has 1 fully saturated rings. The first-order chi connectivity index (χ1) is 14.4. The van der Waals surface area contributed by atoms with Gasteiger partial charge in [0.2, 0.25) is 5.91 Å². The molecule has 0 saturated carbocycles. The number of fused-ring (bicyclic) bond motifs is 1. The maximum absolute atomic E-state index is 13.1. The van der Waals surface area contributed by atoms with Crippen molar-refractivity contribution in [2.75, 3.05) is 42.3 Å².